The first kappa shape index (κ1) is 14.6. The van der Waals surface area contributed by atoms with E-state index >= 15 is 0 Å². The van der Waals surface area contributed by atoms with Crippen molar-refractivity contribution in [3.8, 4) is 0 Å². The first-order valence-electron chi connectivity index (χ1n) is 7.41. The van der Waals surface area contributed by atoms with Crippen LogP contribution in [0.3, 0.4) is 0 Å². The van der Waals surface area contributed by atoms with Crippen LogP contribution < -0.4 is 5.32 Å². The molecule has 1 aliphatic rings. The quantitative estimate of drug-likeness (QED) is 0.928. The van der Waals surface area contributed by atoms with Gasteiger partial charge in [-0.05, 0) is 6.42 Å². The van der Waals surface area contributed by atoms with Crippen molar-refractivity contribution < 1.29 is 0 Å². The van der Waals surface area contributed by atoms with E-state index in [0.29, 0.717) is 0 Å². The summed E-state index contributed by atoms with van der Waals surface area (Å²) in [7, 11) is 3.81. The molecule has 21 heavy (non-hydrogen) atoms. The summed E-state index contributed by atoms with van der Waals surface area (Å²) in [5, 5.41) is 9.14. The molecule has 7 heteroatoms. The van der Waals surface area contributed by atoms with Gasteiger partial charge in [0.2, 0.25) is 0 Å². The normalized spacial score (nSPS) is 20.0. The van der Waals surface area contributed by atoms with Crippen molar-refractivity contribution in [3.05, 3.63) is 12.0 Å². The van der Waals surface area contributed by atoms with Crippen molar-refractivity contribution in [1.82, 2.24) is 24.6 Å². The lowest BCUT2D eigenvalue weighted by Gasteiger charge is -2.31. The summed E-state index contributed by atoms with van der Waals surface area (Å²) >= 11 is 2.08. The zero-order chi connectivity index (χ0) is 14.8. The summed E-state index contributed by atoms with van der Waals surface area (Å²) in [5.74, 6) is 2.93. The smallest absolute Gasteiger partial charge is 0.163 e. The lowest BCUT2D eigenvalue weighted by molar-refractivity contribution is 0.267. The fraction of sp³-hybridized carbons (Fsp3) is 0.643. The third-order valence-corrected chi connectivity index (χ3v) is 5.29. The van der Waals surface area contributed by atoms with E-state index in [1.807, 2.05) is 25.0 Å². The Balaban J connectivity index is 1.84. The molecule has 1 atom stereocenters. The van der Waals surface area contributed by atoms with Crippen LogP contribution in [0, 0.1) is 0 Å². The van der Waals surface area contributed by atoms with E-state index in [9.17, 15) is 0 Å². The summed E-state index contributed by atoms with van der Waals surface area (Å²) in [5.41, 5.74) is 0.891. The number of rotatable bonds is 4. The molecule has 1 fully saturated rings. The Morgan fingerprint density at radius 1 is 1.43 bits per heavy atom. The molecule has 0 radical (unpaired) electrons. The van der Waals surface area contributed by atoms with Crippen LogP contribution in [0.15, 0.2) is 6.20 Å². The third-order valence-electron chi connectivity index (χ3n) is 3.92. The summed E-state index contributed by atoms with van der Waals surface area (Å²) in [6.45, 7) is 5.32. The second kappa shape index (κ2) is 6.19. The molecular formula is C14H22N6S. The summed E-state index contributed by atoms with van der Waals surface area (Å²) in [6, 6.07) is 0. The molecule has 1 N–H and O–H groups in total. The average Bonchev–Trinajstić information content (AvgIpc) is 2.88. The standard InChI is InChI=1S/C14H22N6S/c1-4-10-8-20(5-6-21-10)9-12-17-13(15-2)11-7-16-19(3)14(11)18-12/h7,10H,4-6,8-9H2,1-3H3,(H,15,17,18). The summed E-state index contributed by atoms with van der Waals surface area (Å²) < 4.78 is 1.81. The molecule has 0 aromatic carbocycles. The number of nitrogens with one attached hydrogen (secondary N) is 1. The molecule has 1 unspecified atom stereocenters. The van der Waals surface area contributed by atoms with E-state index in [4.69, 9.17) is 0 Å². The van der Waals surface area contributed by atoms with E-state index in [2.05, 4.69) is 44.0 Å². The maximum Gasteiger partial charge on any atom is 0.163 e. The number of hydrogen-bond acceptors (Lipinski definition) is 6. The first-order chi connectivity index (χ1) is 10.2. The number of thioether (sulfide) groups is 1. The fourth-order valence-corrected chi connectivity index (χ4v) is 3.95. The van der Waals surface area contributed by atoms with E-state index < -0.39 is 0 Å². The molecule has 0 saturated carbocycles. The minimum Gasteiger partial charge on any atom is -0.372 e. The van der Waals surface area contributed by atoms with Gasteiger partial charge in [0.1, 0.15) is 11.6 Å². The van der Waals surface area contributed by atoms with Gasteiger partial charge in [-0.15, -0.1) is 0 Å². The zero-order valence-electron chi connectivity index (χ0n) is 12.8. The fourth-order valence-electron chi connectivity index (χ4n) is 2.70. The van der Waals surface area contributed by atoms with Gasteiger partial charge in [0.05, 0.1) is 18.1 Å². The number of anilines is 1. The topological polar surface area (TPSA) is 58.9 Å². The molecule has 2 aromatic heterocycles. The van der Waals surface area contributed by atoms with Gasteiger partial charge >= 0.3 is 0 Å². The molecule has 1 saturated heterocycles. The van der Waals surface area contributed by atoms with Crippen molar-refractivity contribution in [2.75, 3.05) is 31.2 Å². The predicted molar refractivity (Wildman–Crippen MR) is 87.7 cm³/mol. The summed E-state index contributed by atoms with van der Waals surface area (Å²) in [4.78, 5) is 11.8. The highest BCUT2D eigenvalue weighted by Gasteiger charge is 2.20. The number of hydrogen-bond donors (Lipinski definition) is 1. The van der Waals surface area contributed by atoms with Gasteiger partial charge in [0.25, 0.3) is 0 Å². The number of nitrogens with zero attached hydrogens (tertiary/aromatic N) is 5. The average molecular weight is 306 g/mol. The van der Waals surface area contributed by atoms with E-state index in [-0.39, 0.29) is 0 Å². The van der Waals surface area contributed by atoms with Crippen LogP contribution in [0.5, 0.6) is 0 Å². The Hall–Kier alpha value is -1.34. The van der Waals surface area contributed by atoms with Crippen LogP contribution >= 0.6 is 11.8 Å². The Morgan fingerprint density at radius 3 is 3.05 bits per heavy atom. The molecule has 114 valence electrons. The maximum atomic E-state index is 4.69. The van der Waals surface area contributed by atoms with Gasteiger partial charge in [0, 0.05) is 38.2 Å². The second-order valence-electron chi connectivity index (χ2n) is 5.38. The van der Waals surface area contributed by atoms with E-state index in [1.165, 1.54) is 12.2 Å². The van der Waals surface area contributed by atoms with Crippen LogP contribution in [0.25, 0.3) is 11.0 Å². The van der Waals surface area contributed by atoms with Gasteiger partial charge in [0.15, 0.2) is 5.65 Å². The molecule has 2 aromatic rings. The highest BCUT2D eigenvalue weighted by molar-refractivity contribution is 8.00. The van der Waals surface area contributed by atoms with E-state index in [1.54, 1.807) is 0 Å². The minimum atomic E-state index is 0.739. The van der Waals surface area contributed by atoms with Gasteiger partial charge in [-0.25, -0.2) is 9.97 Å². The second-order valence-corrected chi connectivity index (χ2v) is 6.79. The first-order valence-corrected chi connectivity index (χ1v) is 8.46. The molecule has 0 amide bonds. The zero-order valence-corrected chi connectivity index (χ0v) is 13.7. The van der Waals surface area contributed by atoms with Crippen molar-refractivity contribution in [2.24, 2.45) is 7.05 Å². The predicted octanol–water partition coefficient (Wildman–Crippen LogP) is 1.73. The van der Waals surface area contributed by atoms with Crippen LogP contribution in [-0.2, 0) is 13.6 Å². The Morgan fingerprint density at radius 2 is 2.29 bits per heavy atom. The molecule has 0 spiro atoms. The molecule has 1 aliphatic heterocycles. The van der Waals surface area contributed by atoms with E-state index in [0.717, 1.165) is 47.6 Å². The Labute approximate surface area is 129 Å². The van der Waals surface area contributed by atoms with Gasteiger partial charge < -0.3 is 5.32 Å². The highest BCUT2D eigenvalue weighted by atomic mass is 32.2. The van der Waals surface area contributed by atoms with Crippen LogP contribution in [0.4, 0.5) is 5.82 Å². The molecule has 3 rings (SSSR count). The van der Waals surface area contributed by atoms with Crippen molar-refractivity contribution in [3.63, 3.8) is 0 Å². The van der Waals surface area contributed by atoms with Gasteiger partial charge in [-0.2, -0.15) is 16.9 Å². The Kier molecular flexibility index (Phi) is 4.30. The maximum absolute atomic E-state index is 4.69. The number of fused-ring (bicyclic) bond motifs is 1. The highest BCUT2D eigenvalue weighted by Crippen LogP contribution is 2.23. The van der Waals surface area contributed by atoms with Gasteiger partial charge in [-0.1, -0.05) is 6.92 Å². The van der Waals surface area contributed by atoms with Crippen LogP contribution in [0.1, 0.15) is 19.2 Å². The van der Waals surface area contributed by atoms with Crippen molar-refractivity contribution in [1.29, 1.82) is 0 Å². The SMILES string of the molecule is CCC1CN(Cc2nc(NC)c3cnn(C)c3n2)CCS1. The number of aromatic nitrogens is 4. The molecule has 0 bridgehead atoms. The molecule has 0 aliphatic carbocycles. The van der Waals surface area contributed by atoms with Crippen molar-refractivity contribution in [2.45, 2.75) is 25.1 Å². The minimum absolute atomic E-state index is 0.739. The summed E-state index contributed by atoms with van der Waals surface area (Å²) in [6.07, 6.45) is 3.04. The van der Waals surface area contributed by atoms with Gasteiger partial charge in [-0.3, -0.25) is 9.58 Å². The largest absolute Gasteiger partial charge is 0.372 e. The molecule has 6 nitrogen and oxygen atoms in total. The third kappa shape index (κ3) is 2.98. The molecule has 3 heterocycles. The Bertz CT molecular complexity index is 625. The van der Waals surface area contributed by atoms with Crippen LogP contribution in [0.2, 0.25) is 0 Å². The lowest BCUT2D eigenvalue weighted by Crippen LogP contribution is -2.37. The van der Waals surface area contributed by atoms with Crippen LogP contribution in [-0.4, -0.2) is 55.8 Å². The monoisotopic (exact) mass is 306 g/mol. The number of aryl methyl sites for hydroxylation is 1. The molecular weight excluding hydrogens is 284 g/mol. The van der Waals surface area contributed by atoms with Crippen molar-refractivity contribution >= 4 is 28.6 Å². The lowest BCUT2D eigenvalue weighted by atomic mass is 10.3.